The molecule has 0 spiro atoms. The van der Waals surface area contributed by atoms with Crippen molar-refractivity contribution in [1.82, 2.24) is 10.6 Å². The average Bonchev–Trinajstić information content (AvgIpc) is 2.21. The van der Waals surface area contributed by atoms with E-state index in [4.69, 9.17) is 0 Å². The summed E-state index contributed by atoms with van der Waals surface area (Å²) in [6.45, 7) is 5.57. The van der Waals surface area contributed by atoms with Crippen molar-refractivity contribution in [3.63, 3.8) is 0 Å². The molecule has 0 atom stereocenters. The minimum absolute atomic E-state index is 0.0551. The van der Waals surface area contributed by atoms with E-state index in [2.05, 4.69) is 24.5 Å². The quantitative estimate of drug-likeness (QED) is 0.350. The van der Waals surface area contributed by atoms with Gasteiger partial charge in [0, 0.05) is 6.54 Å². The molecule has 88 valence electrons. The van der Waals surface area contributed by atoms with Crippen LogP contribution in [0.3, 0.4) is 0 Å². The summed E-state index contributed by atoms with van der Waals surface area (Å²) < 4.78 is 0. The van der Waals surface area contributed by atoms with Crippen LogP contribution < -0.4 is 10.6 Å². The molecule has 0 rings (SSSR count). The van der Waals surface area contributed by atoms with Crippen molar-refractivity contribution in [2.75, 3.05) is 13.1 Å². The van der Waals surface area contributed by atoms with Gasteiger partial charge in [-0.1, -0.05) is 26.7 Å². The van der Waals surface area contributed by atoms with Gasteiger partial charge in [0.2, 0.25) is 0 Å². The third-order valence-electron chi connectivity index (χ3n) is 1.95. The number of nitrogens with one attached hydrogen (secondary N) is 2. The van der Waals surface area contributed by atoms with Crippen molar-refractivity contribution in [2.24, 2.45) is 0 Å². The number of unbranched alkanes of at least 4 members (excludes halogenated alkanes) is 2. The van der Waals surface area contributed by atoms with Crippen LogP contribution in [0.4, 0.5) is 0 Å². The Morgan fingerprint density at radius 3 is 2.40 bits per heavy atom. The molecule has 0 saturated carbocycles. The van der Waals surface area contributed by atoms with E-state index in [0.29, 0.717) is 6.54 Å². The maximum absolute atomic E-state index is 10.6. The molecule has 0 amide bonds. The van der Waals surface area contributed by atoms with Gasteiger partial charge in [-0.15, -0.1) is 0 Å². The van der Waals surface area contributed by atoms with Gasteiger partial charge >= 0.3 is 5.82 Å². The van der Waals surface area contributed by atoms with E-state index in [-0.39, 0.29) is 5.82 Å². The summed E-state index contributed by atoms with van der Waals surface area (Å²) in [7, 11) is 0. The molecule has 0 saturated heterocycles. The molecule has 5 nitrogen and oxygen atoms in total. The first-order valence-corrected chi connectivity index (χ1v) is 5.54. The number of nitro groups is 1. The molecular formula is C10H21N3O2. The van der Waals surface area contributed by atoms with E-state index >= 15 is 0 Å². The smallest absolute Gasteiger partial charge is 0.331 e. The van der Waals surface area contributed by atoms with Crippen molar-refractivity contribution >= 4 is 0 Å². The second kappa shape index (κ2) is 9.30. The molecule has 0 aliphatic heterocycles. The van der Waals surface area contributed by atoms with Gasteiger partial charge in [0.25, 0.3) is 0 Å². The lowest BCUT2D eigenvalue weighted by molar-refractivity contribution is -0.432. The van der Waals surface area contributed by atoms with E-state index in [1.807, 2.05) is 0 Å². The highest BCUT2D eigenvalue weighted by Crippen LogP contribution is 1.91. The van der Waals surface area contributed by atoms with Gasteiger partial charge in [-0.3, -0.25) is 5.32 Å². The van der Waals surface area contributed by atoms with Gasteiger partial charge < -0.3 is 15.4 Å². The summed E-state index contributed by atoms with van der Waals surface area (Å²) in [6.07, 6.45) is 5.53. The third-order valence-corrected chi connectivity index (χ3v) is 1.95. The fraction of sp³-hybridized carbons (Fsp3) is 0.800. The zero-order valence-corrected chi connectivity index (χ0v) is 9.58. The van der Waals surface area contributed by atoms with E-state index in [1.165, 1.54) is 6.20 Å². The molecular weight excluding hydrogens is 194 g/mol. The van der Waals surface area contributed by atoms with E-state index < -0.39 is 4.92 Å². The Bertz CT molecular complexity index is 205. The molecule has 0 aliphatic carbocycles. The van der Waals surface area contributed by atoms with Gasteiger partial charge in [-0.2, -0.15) is 0 Å². The summed E-state index contributed by atoms with van der Waals surface area (Å²) in [4.78, 5) is 10.2. The fourth-order valence-electron chi connectivity index (χ4n) is 1.01. The Morgan fingerprint density at radius 2 is 1.87 bits per heavy atom. The second-order valence-electron chi connectivity index (χ2n) is 3.37. The lowest BCUT2D eigenvalue weighted by Crippen LogP contribution is -2.23. The van der Waals surface area contributed by atoms with Crippen molar-refractivity contribution in [3.8, 4) is 0 Å². The number of rotatable bonds is 9. The first-order valence-electron chi connectivity index (χ1n) is 5.54. The second-order valence-corrected chi connectivity index (χ2v) is 3.37. The zero-order chi connectivity index (χ0) is 11.5. The molecule has 0 aliphatic rings. The first kappa shape index (κ1) is 13.7. The largest absolute Gasteiger partial charge is 0.384 e. The van der Waals surface area contributed by atoms with E-state index in [1.54, 1.807) is 0 Å². The highest BCUT2D eigenvalue weighted by atomic mass is 16.6. The van der Waals surface area contributed by atoms with Crippen LogP contribution in [-0.2, 0) is 0 Å². The number of hydrogen-bond donors (Lipinski definition) is 2. The monoisotopic (exact) mass is 215 g/mol. The molecule has 0 unspecified atom stereocenters. The number of hydrogen-bond acceptors (Lipinski definition) is 4. The van der Waals surface area contributed by atoms with Crippen LogP contribution in [0.1, 0.15) is 39.5 Å². The van der Waals surface area contributed by atoms with Crippen molar-refractivity contribution in [2.45, 2.75) is 39.5 Å². The molecule has 0 bridgehead atoms. The van der Waals surface area contributed by atoms with Gasteiger partial charge in [-0.25, -0.2) is 0 Å². The molecule has 0 aromatic carbocycles. The maximum Gasteiger partial charge on any atom is 0.331 e. The van der Waals surface area contributed by atoms with Crippen LogP contribution in [0.15, 0.2) is 12.0 Å². The highest BCUT2D eigenvalue weighted by molar-refractivity contribution is 4.87. The Kier molecular flexibility index (Phi) is 8.52. The van der Waals surface area contributed by atoms with Crippen LogP contribution in [0, 0.1) is 10.1 Å². The lowest BCUT2D eigenvalue weighted by atomic mass is 10.3. The molecule has 0 radical (unpaired) electrons. The standard InChI is InChI=1S/C10H21N3O2/c1-3-5-7-11-9-10(13(14)15)12-8-6-4-2/h9,11-12H,3-8H2,1-2H3. The SMILES string of the molecule is CCCCNC=C(NCCCC)[N+](=O)[O-]. The van der Waals surface area contributed by atoms with Crippen LogP contribution in [-0.4, -0.2) is 18.0 Å². The van der Waals surface area contributed by atoms with Gasteiger partial charge in [0.15, 0.2) is 0 Å². The molecule has 0 fully saturated rings. The predicted octanol–water partition coefficient (Wildman–Crippen LogP) is 1.84. The summed E-state index contributed by atoms with van der Waals surface area (Å²) in [5.74, 6) is 0.0551. The highest BCUT2D eigenvalue weighted by Gasteiger charge is 2.05. The van der Waals surface area contributed by atoms with Crippen LogP contribution in [0.5, 0.6) is 0 Å². The van der Waals surface area contributed by atoms with Gasteiger partial charge in [0.1, 0.15) is 0 Å². The van der Waals surface area contributed by atoms with Crippen LogP contribution in [0.25, 0.3) is 0 Å². The topological polar surface area (TPSA) is 67.2 Å². The van der Waals surface area contributed by atoms with Crippen LogP contribution in [0.2, 0.25) is 0 Å². The Labute approximate surface area is 91.1 Å². The molecule has 0 aromatic heterocycles. The Balaban J connectivity index is 3.85. The summed E-state index contributed by atoms with van der Waals surface area (Å²) >= 11 is 0. The van der Waals surface area contributed by atoms with E-state index in [9.17, 15) is 10.1 Å². The summed E-state index contributed by atoms with van der Waals surface area (Å²) in [5.41, 5.74) is 0. The minimum Gasteiger partial charge on any atom is -0.384 e. The minimum atomic E-state index is -0.394. The summed E-state index contributed by atoms with van der Waals surface area (Å²) in [5, 5.41) is 16.3. The van der Waals surface area contributed by atoms with E-state index in [0.717, 1.165) is 32.2 Å². The molecule has 5 heteroatoms. The average molecular weight is 215 g/mol. The normalized spacial score (nSPS) is 11.2. The van der Waals surface area contributed by atoms with Gasteiger partial charge in [-0.05, 0) is 17.8 Å². The molecule has 15 heavy (non-hydrogen) atoms. The van der Waals surface area contributed by atoms with Crippen molar-refractivity contribution in [3.05, 3.63) is 22.1 Å². The Hall–Kier alpha value is -1.26. The third kappa shape index (κ3) is 7.78. The van der Waals surface area contributed by atoms with Crippen molar-refractivity contribution < 1.29 is 4.92 Å². The van der Waals surface area contributed by atoms with Crippen LogP contribution >= 0.6 is 0 Å². The lowest BCUT2D eigenvalue weighted by Gasteiger charge is -2.03. The van der Waals surface area contributed by atoms with Gasteiger partial charge in [0.05, 0.1) is 12.7 Å². The van der Waals surface area contributed by atoms with Crippen molar-refractivity contribution in [1.29, 1.82) is 0 Å². The molecule has 2 N–H and O–H groups in total. The summed E-state index contributed by atoms with van der Waals surface area (Å²) in [6, 6.07) is 0. The maximum atomic E-state index is 10.6. The molecule has 0 aromatic rings. The molecule has 0 heterocycles. The Morgan fingerprint density at radius 1 is 1.27 bits per heavy atom. The zero-order valence-electron chi connectivity index (χ0n) is 9.58. The number of nitrogens with zero attached hydrogens (tertiary/aromatic N) is 1. The first-order chi connectivity index (χ1) is 7.22. The fourth-order valence-corrected chi connectivity index (χ4v) is 1.01. The predicted molar refractivity (Wildman–Crippen MR) is 60.9 cm³/mol.